The number of carbonyl (C=O) groups excluding carboxylic acids is 2. The molecule has 2 atom stereocenters. The Kier molecular flexibility index (Phi) is 53.6. The summed E-state index contributed by atoms with van der Waals surface area (Å²) in [4.78, 5) is 35.6. The minimum Gasteiger partial charge on any atom is -0.462 e. The van der Waals surface area contributed by atoms with Crippen molar-refractivity contribution in [3.8, 4) is 0 Å². The Morgan fingerprint density at radius 1 is 0.416 bits per heavy atom. The van der Waals surface area contributed by atoms with E-state index in [1.807, 2.05) is 21.1 Å². The van der Waals surface area contributed by atoms with Crippen LogP contribution in [0.3, 0.4) is 0 Å². The number of nitrogens with zero attached hydrogens (tertiary/aromatic N) is 1. The molecule has 0 saturated heterocycles. The smallest absolute Gasteiger partial charge is 0.462 e. The second kappa shape index (κ2) is 56.6. The molecule has 9 nitrogen and oxygen atoms in total. The number of rotatable bonds is 53. The standard InChI is InChI=1S/C67H110NO8P/c1-6-8-10-12-14-16-18-20-21-22-23-24-25-26-27-28-29-30-31-32-33-34-35-36-37-38-39-40-41-42-43-44-45-46-47-48-50-52-54-56-58-60-67(70)76-65(64-75-77(71,72)74-62-61-68(3,4)5)63-73-66(69)59-57-55-53-51-49-19-17-15-13-11-9-7-2/h8,10,14-17,20-21,23-24,26-27,29-30,32-33,35-36,38-39,41-42,44-45,65H,6-7,9,11-13,18-19,22,25,28,31,34,37,40,43,46-64H2,1-5H3/p+1/b10-8-,16-14-,17-15-,21-20-,24-23-,27-26-,30-29-,33-32-,36-35-,39-38-,42-41-,45-44-. The number of carbonyl (C=O) groups is 2. The maximum absolute atomic E-state index is 12.8. The normalized spacial score (nSPS) is 14.3. The molecule has 2 unspecified atom stereocenters. The maximum Gasteiger partial charge on any atom is 0.472 e. The van der Waals surface area contributed by atoms with Crippen LogP contribution in [0, 0.1) is 0 Å². The molecule has 0 bridgehead atoms. The van der Waals surface area contributed by atoms with E-state index in [-0.39, 0.29) is 32.0 Å². The highest BCUT2D eigenvalue weighted by atomic mass is 31.2. The van der Waals surface area contributed by atoms with Crippen LogP contribution in [-0.4, -0.2) is 74.9 Å². The number of ether oxygens (including phenoxy) is 2. The van der Waals surface area contributed by atoms with Gasteiger partial charge in [-0.2, -0.15) is 0 Å². The lowest BCUT2D eigenvalue weighted by molar-refractivity contribution is -0.870. The van der Waals surface area contributed by atoms with Crippen molar-refractivity contribution in [2.45, 2.75) is 219 Å². The van der Waals surface area contributed by atoms with Crippen LogP contribution in [0.4, 0.5) is 0 Å². The van der Waals surface area contributed by atoms with Crippen LogP contribution in [0.25, 0.3) is 0 Å². The second-order valence-electron chi connectivity index (χ2n) is 20.6. The molecule has 10 heteroatoms. The fourth-order valence-corrected chi connectivity index (χ4v) is 8.23. The molecular weight excluding hydrogens is 978 g/mol. The lowest BCUT2D eigenvalue weighted by Crippen LogP contribution is -2.37. The van der Waals surface area contributed by atoms with E-state index >= 15 is 0 Å². The van der Waals surface area contributed by atoms with Gasteiger partial charge >= 0.3 is 19.8 Å². The van der Waals surface area contributed by atoms with Crippen LogP contribution >= 0.6 is 7.82 Å². The summed E-state index contributed by atoms with van der Waals surface area (Å²) in [6.07, 6.45) is 83.6. The first-order valence-corrected chi connectivity index (χ1v) is 31.6. The molecule has 0 fully saturated rings. The molecule has 0 aromatic carbocycles. The summed E-state index contributed by atoms with van der Waals surface area (Å²) in [5.74, 6) is -0.832. The van der Waals surface area contributed by atoms with Gasteiger partial charge in [0.1, 0.15) is 19.8 Å². The van der Waals surface area contributed by atoms with Crippen LogP contribution in [0.15, 0.2) is 146 Å². The Hall–Kier alpha value is -4.11. The zero-order valence-corrected chi connectivity index (χ0v) is 50.3. The van der Waals surface area contributed by atoms with Crippen molar-refractivity contribution >= 4 is 19.8 Å². The third kappa shape index (κ3) is 61.0. The average Bonchev–Trinajstić information content (AvgIpc) is 3.39. The molecule has 1 N–H and O–H groups in total. The summed E-state index contributed by atoms with van der Waals surface area (Å²) in [5, 5.41) is 0. The lowest BCUT2D eigenvalue weighted by atomic mass is 10.1. The molecule has 0 heterocycles. The van der Waals surface area contributed by atoms with Gasteiger partial charge in [0.15, 0.2) is 6.10 Å². The zero-order chi connectivity index (χ0) is 56.3. The van der Waals surface area contributed by atoms with Gasteiger partial charge in [0.2, 0.25) is 0 Å². The number of unbranched alkanes of at least 4 members (excludes halogenated alkanes) is 15. The van der Waals surface area contributed by atoms with Gasteiger partial charge in [-0.15, -0.1) is 0 Å². The van der Waals surface area contributed by atoms with E-state index in [4.69, 9.17) is 18.5 Å². The number of likely N-dealkylation sites (N-methyl/N-ethyl adjacent to an activating group) is 1. The highest BCUT2D eigenvalue weighted by Gasteiger charge is 2.27. The van der Waals surface area contributed by atoms with Crippen molar-refractivity contribution in [1.82, 2.24) is 0 Å². The highest BCUT2D eigenvalue weighted by Crippen LogP contribution is 2.43. The summed E-state index contributed by atoms with van der Waals surface area (Å²) in [6, 6.07) is 0. The molecule has 436 valence electrons. The van der Waals surface area contributed by atoms with Crippen molar-refractivity contribution in [3.63, 3.8) is 0 Å². The second-order valence-corrected chi connectivity index (χ2v) is 22.1. The van der Waals surface area contributed by atoms with E-state index in [1.54, 1.807) is 0 Å². The monoisotopic (exact) mass is 1090 g/mol. The Labute approximate surface area is 472 Å². The first-order valence-electron chi connectivity index (χ1n) is 30.1. The van der Waals surface area contributed by atoms with E-state index in [0.717, 1.165) is 141 Å². The topological polar surface area (TPSA) is 108 Å². The molecule has 0 aromatic heterocycles. The quantitative estimate of drug-likeness (QED) is 0.0211. The van der Waals surface area contributed by atoms with Gasteiger partial charge in [-0.3, -0.25) is 18.6 Å². The molecule has 0 spiro atoms. The van der Waals surface area contributed by atoms with Gasteiger partial charge in [-0.1, -0.05) is 224 Å². The Morgan fingerprint density at radius 3 is 1.12 bits per heavy atom. The van der Waals surface area contributed by atoms with Crippen molar-refractivity contribution < 1.29 is 42.1 Å². The Morgan fingerprint density at radius 2 is 0.740 bits per heavy atom. The first-order chi connectivity index (χ1) is 37.5. The Bertz CT molecular complexity index is 1810. The Balaban J connectivity index is 4.12. The van der Waals surface area contributed by atoms with Crippen LogP contribution in [0.1, 0.15) is 213 Å². The molecule has 77 heavy (non-hydrogen) atoms. The number of quaternary nitrogens is 1. The summed E-state index contributed by atoms with van der Waals surface area (Å²) >= 11 is 0. The molecule has 0 aromatic rings. The third-order valence-electron chi connectivity index (χ3n) is 12.1. The lowest BCUT2D eigenvalue weighted by Gasteiger charge is -2.24. The molecule has 0 aliphatic heterocycles. The van der Waals surface area contributed by atoms with Gasteiger partial charge in [0, 0.05) is 12.8 Å². The van der Waals surface area contributed by atoms with Gasteiger partial charge < -0.3 is 18.9 Å². The number of phosphoric acid groups is 1. The van der Waals surface area contributed by atoms with Crippen LogP contribution in [0.2, 0.25) is 0 Å². The van der Waals surface area contributed by atoms with E-state index in [2.05, 4.69) is 160 Å². The number of hydrogen-bond acceptors (Lipinski definition) is 7. The predicted molar refractivity (Wildman–Crippen MR) is 330 cm³/mol. The minimum atomic E-state index is -4.40. The van der Waals surface area contributed by atoms with Crippen molar-refractivity contribution in [1.29, 1.82) is 0 Å². The molecule has 0 aliphatic rings. The molecule has 0 aliphatic carbocycles. The maximum atomic E-state index is 12.8. The van der Waals surface area contributed by atoms with E-state index in [0.29, 0.717) is 17.4 Å². The summed E-state index contributed by atoms with van der Waals surface area (Å²) in [7, 11) is 1.45. The zero-order valence-electron chi connectivity index (χ0n) is 49.4. The number of phosphoric ester groups is 1. The molecule has 0 rings (SSSR count). The summed E-state index contributed by atoms with van der Waals surface area (Å²) in [5.41, 5.74) is 0. The van der Waals surface area contributed by atoms with Crippen molar-refractivity contribution in [2.75, 3.05) is 47.5 Å². The van der Waals surface area contributed by atoms with E-state index in [9.17, 15) is 19.0 Å². The summed E-state index contributed by atoms with van der Waals surface area (Å²) < 4.78 is 34.4. The molecular formula is C67H111NO8P+. The number of esters is 2. The summed E-state index contributed by atoms with van der Waals surface area (Å²) in [6.45, 7) is 4.24. The molecule has 0 amide bonds. The van der Waals surface area contributed by atoms with Crippen LogP contribution < -0.4 is 0 Å². The van der Waals surface area contributed by atoms with Crippen molar-refractivity contribution in [3.05, 3.63) is 146 Å². The highest BCUT2D eigenvalue weighted by molar-refractivity contribution is 7.47. The van der Waals surface area contributed by atoms with Gasteiger partial charge in [-0.25, -0.2) is 4.57 Å². The predicted octanol–water partition coefficient (Wildman–Crippen LogP) is 19.1. The van der Waals surface area contributed by atoms with Gasteiger partial charge in [0.05, 0.1) is 27.7 Å². The van der Waals surface area contributed by atoms with E-state index in [1.165, 1.54) is 38.5 Å². The molecule has 0 radical (unpaired) electrons. The minimum absolute atomic E-state index is 0.0211. The van der Waals surface area contributed by atoms with Gasteiger partial charge in [-0.05, 0) is 122 Å². The van der Waals surface area contributed by atoms with Crippen LogP contribution in [-0.2, 0) is 32.7 Å². The van der Waals surface area contributed by atoms with Crippen molar-refractivity contribution in [2.24, 2.45) is 0 Å². The molecule has 0 saturated carbocycles. The first kappa shape index (κ1) is 72.9. The largest absolute Gasteiger partial charge is 0.472 e. The number of hydrogen-bond donors (Lipinski definition) is 1. The average molecular weight is 1090 g/mol. The fourth-order valence-electron chi connectivity index (χ4n) is 7.48. The third-order valence-corrected chi connectivity index (χ3v) is 13.1. The van der Waals surface area contributed by atoms with Gasteiger partial charge in [0.25, 0.3) is 0 Å². The number of allylic oxidation sites excluding steroid dienone is 24. The fraction of sp³-hybridized carbons (Fsp3) is 0.612. The van der Waals surface area contributed by atoms with E-state index < -0.39 is 26.5 Å². The SMILES string of the molecule is CC/C=C\C/C=C\C/C=C\C/C=C\C/C=C\C/C=C\C/C=C\C/C=C\C/C=C\C/C=C\C/C=C\CCCCCCCCCC(=O)OC(COC(=O)CCCCCCC/C=C\CCCCC)COP(=O)(O)OCC[N+](C)(C)C. The van der Waals surface area contributed by atoms with Crippen LogP contribution in [0.5, 0.6) is 0 Å².